The van der Waals surface area contributed by atoms with Crippen LogP contribution >= 0.6 is 0 Å². The Labute approximate surface area is 102 Å². The molecule has 0 aliphatic heterocycles. The molecule has 0 rings (SSSR count). The summed E-state index contributed by atoms with van der Waals surface area (Å²) in [5.74, 6) is 0. The maximum absolute atomic E-state index is 11.0. The van der Waals surface area contributed by atoms with E-state index in [-0.39, 0.29) is 0 Å². The molecule has 0 aromatic rings. The monoisotopic (exact) mass is 301 g/mol. The van der Waals surface area contributed by atoms with Crippen LogP contribution in [0.2, 0.25) is 0 Å². The SMILES string of the molecule is C=N.C=N.C=N.C=N.N=S(C(F)(F)F)C(F)(F)F. The van der Waals surface area contributed by atoms with Crippen molar-refractivity contribution in [3.63, 3.8) is 0 Å². The van der Waals surface area contributed by atoms with Crippen molar-refractivity contribution in [1.29, 1.82) is 26.4 Å². The Hall–Kier alpha value is -1.59. The Balaban J connectivity index is -0.0000000596. The molecule has 0 heterocycles. The van der Waals surface area contributed by atoms with Crippen LogP contribution in [0.25, 0.3) is 0 Å². The van der Waals surface area contributed by atoms with E-state index < -0.39 is 21.7 Å². The van der Waals surface area contributed by atoms with Crippen molar-refractivity contribution in [2.24, 2.45) is 0 Å². The average molecular weight is 301 g/mol. The molecule has 0 aromatic heterocycles. The van der Waals surface area contributed by atoms with E-state index in [0.29, 0.717) is 0 Å². The van der Waals surface area contributed by atoms with Gasteiger partial charge in [0, 0.05) is 0 Å². The lowest BCUT2D eigenvalue weighted by atomic mass is 11.5. The summed E-state index contributed by atoms with van der Waals surface area (Å²) in [6, 6.07) is 0. The van der Waals surface area contributed by atoms with Crippen LogP contribution < -0.4 is 0 Å². The van der Waals surface area contributed by atoms with Gasteiger partial charge < -0.3 is 21.6 Å². The third-order valence-corrected chi connectivity index (χ3v) is 1.39. The second-order valence-electron chi connectivity index (χ2n) is 1.20. The summed E-state index contributed by atoms with van der Waals surface area (Å²) >= 11 is 0. The van der Waals surface area contributed by atoms with Crippen molar-refractivity contribution < 1.29 is 26.3 Å². The lowest BCUT2D eigenvalue weighted by Gasteiger charge is -2.11. The topological polar surface area (TPSA) is 119 Å². The molecule has 0 radical (unpaired) electrons. The molecule has 0 unspecified atom stereocenters. The molecule has 110 valence electrons. The molecule has 0 atom stereocenters. The van der Waals surface area contributed by atoms with Gasteiger partial charge in [-0.05, 0) is 26.9 Å². The first kappa shape index (κ1) is 29.9. The van der Waals surface area contributed by atoms with Crippen LogP contribution in [-0.4, -0.2) is 37.9 Å². The molecule has 12 heteroatoms. The summed E-state index contributed by atoms with van der Waals surface area (Å²) in [6.45, 7) is 10.0. The Morgan fingerprint density at radius 1 is 0.556 bits per heavy atom. The average Bonchev–Trinajstić information content (AvgIpc) is 2.36. The van der Waals surface area contributed by atoms with Gasteiger partial charge in [0.1, 0.15) is 10.7 Å². The standard InChI is InChI=1S/C2HF6NS.4CH3N/c3-1(4,5)10(9)2(6,7)8;4*1-2/h9H;4*2H,1H2. The highest BCUT2D eigenvalue weighted by molar-refractivity contribution is 7.87. The number of rotatable bonds is 0. The van der Waals surface area contributed by atoms with Crippen LogP contribution in [0.5, 0.6) is 0 Å². The number of halogens is 6. The molecule has 0 aliphatic carbocycles. The van der Waals surface area contributed by atoms with E-state index in [9.17, 15) is 26.3 Å². The van der Waals surface area contributed by atoms with Crippen molar-refractivity contribution in [3.05, 3.63) is 0 Å². The number of hydrogen-bond donors (Lipinski definition) is 5. The van der Waals surface area contributed by atoms with Gasteiger partial charge in [0.05, 0.1) is 0 Å². The van der Waals surface area contributed by atoms with E-state index >= 15 is 0 Å². The van der Waals surface area contributed by atoms with Gasteiger partial charge in [-0.15, -0.1) is 0 Å². The molecule has 0 bridgehead atoms. The quantitative estimate of drug-likeness (QED) is 0.332. The smallest absolute Gasteiger partial charge is 0.317 e. The van der Waals surface area contributed by atoms with Crippen LogP contribution in [0, 0.1) is 26.4 Å². The molecule has 0 saturated heterocycles. The van der Waals surface area contributed by atoms with Gasteiger partial charge in [-0.2, -0.15) is 26.3 Å². The highest BCUT2D eigenvalue weighted by Crippen LogP contribution is 2.33. The summed E-state index contributed by atoms with van der Waals surface area (Å²) in [5.41, 5.74) is -11.0. The largest absolute Gasteiger partial charge is 0.460 e. The predicted octanol–water partition coefficient (Wildman–Crippen LogP) is 3.47. The first-order valence-electron chi connectivity index (χ1n) is 3.16. The molecular weight excluding hydrogens is 288 g/mol. The zero-order valence-electron chi connectivity index (χ0n) is 9.00. The Morgan fingerprint density at radius 3 is 0.667 bits per heavy atom. The Bertz CT molecular complexity index is 182. The van der Waals surface area contributed by atoms with Gasteiger partial charge in [0.25, 0.3) is 0 Å². The van der Waals surface area contributed by atoms with Crippen LogP contribution in [0.15, 0.2) is 0 Å². The second-order valence-corrected chi connectivity index (χ2v) is 2.74. The lowest BCUT2D eigenvalue weighted by Crippen LogP contribution is -2.28. The fourth-order valence-corrected chi connectivity index (χ4v) is 0.394. The maximum Gasteiger partial charge on any atom is 0.460 e. The van der Waals surface area contributed by atoms with Crippen LogP contribution in [-0.2, 0) is 10.7 Å². The highest BCUT2D eigenvalue weighted by atomic mass is 32.2. The van der Waals surface area contributed by atoms with Crippen LogP contribution in [0.3, 0.4) is 0 Å². The number of nitrogens with one attached hydrogen (secondary N) is 5. The van der Waals surface area contributed by atoms with Crippen molar-refractivity contribution in [1.82, 2.24) is 0 Å². The van der Waals surface area contributed by atoms with Crippen molar-refractivity contribution in [2.75, 3.05) is 0 Å². The van der Waals surface area contributed by atoms with Gasteiger partial charge in [0.2, 0.25) is 0 Å². The first-order valence-corrected chi connectivity index (χ1v) is 4.39. The van der Waals surface area contributed by atoms with Crippen molar-refractivity contribution in [2.45, 2.75) is 11.0 Å². The predicted molar refractivity (Wildman–Crippen MR) is 61.6 cm³/mol. The minimum Gasteiger partial charge on any atom is -0.317 e. The lowest BCUT2D eigenvalue weighted by molar-refractivity contribution is -0.0754. The van der Waals surface area contributed by atoms with Crippen molar-refractivity contribution >= 4 is 37.6 Å². The molecule has 0 aliphatic rings. The summed E-state index contributed by atoms with van der Waals surface area (Å²) in [7, 11) is -4.25. The third kappa shape index (κ3) is 23.9. The zero-order chi connectivity index (χ0) is 16.6. The van der Waals surface area contributed by atoms with E-state index in [1.54, 1.807) is 0 Å². The summed E-state index contributed by atoms with van der Waals surface area (Å²) in [4.78, 5) is 0. The third-order valence-electron chi connectivity index (χ3n) is 0.463. The van der Waals surface area contributed by atoms with E-state index in [2.05, 4.69) is 26.9 Å². The van der Waals surface area contributed by atoms with Crippen LogP contribution in [0.1, 0.15) is 0 Å². The Morgan fingerprint density at radius 2 is 0.667 bits per heavy atom. The molecule has 0 aromatic carbocycles. The fourth-order valence-electron chi connectivity index (χ4n) is 0.131. The molecule has 0 amide bonds. The first-order chi connectivity index (χ1) is 8.15. The Kier molecular flexibility index (Phi) is 29.6. The summed E-state index contributed by atoms with van der Waals surface area (Å²) < 4.78 is 72.0. The van der Waals surface area contributed by atoms with Crippen molar-refractivity contribution in [3.8, 4) is 0 Å². The van der Waals surface area contributed by atoms with E-state index in [1.165, 1.54) is 0 Å². The van der Waals surface area contributed by atoms with Crippen LogP contribution in [0.4, 0.5) is 26.3 Å². The summed E-state index contributed by atoms with van der Waals surface area (Å²) in [6.07, 6.45) is 0. The minimum atomic E-state index is -5.49. The normalized spacial score (nSPS) is 8.83. The second kappa shape index (κ2) is 17.8. The molecule has 0 saturated carbocycles. The zero-order valence-corrected chi connectivity index (χ0v) is 9.82. The molecular formula is C6H13F6N5S. The molecule has 5 nitrogen and oxygen atoms in total. The maximum atomic E-state index is 11.0. The van der Waals surface area contributed by atoms with Gasteiger partial charge in [-0.3, -0.25) is 4.78 Å². The van der Waals surface area contributed by atoms with E-state index in [4.69, 9.17) is 26.4 Å². The van der Waals surface area contributed by atoms with E-state index in [1.807, 2.05) is 0 Å². The molecule has 18 heavy (non-hydrogen) atoms. The van der Waals surface area contributed by atoms with Gasteiger partial charge in [-0.1, -0.05) is 0 Å². The molecule has 0 fully saturated rings. The van der Waals surface area contributed by atoms with Gasteiger partial charge >= 0.3 is 11.0 Å². The van der Waals surface area contributed by atoms with Gasteiger partial charge in [0.15, 0.2) is 0 Å². The fraction of sp³-hybridized carbons (Fsp3) is 0.333. The highest BCUT2D eigenvalue weighted by Gasteiger charge is 2.50. The summed E-state index contributed by atoms with van der Waals surface area (Å²) in [5, 5.41) is 22.0. The minimum absolute atomic E-state index is 2.50. The van der Waals surface area contributed by atoms with Gasteiger partial charge in [-0.25, -0.2) is 0 Å². The molecule has 5 N–H and O–H groups in total. The molecule has 0 spiro atoms. The van der Waals surface area contributed by atoms with E-state index in [0.717, 1.165) is 0 Å². The number of alkyl halides is 6. The number of hydrogen-bond acceptors (Lipinski definition) is 5.